The van der Waals surface area contributed by atoms with Crippen molar-refractivity contribution in [1.82, 2.24) is 4.90 Å². The molecule has 18 heteroatoms. The molecule has 2 saturated heterocycles. The topological polar surface area (TPSA) is 218 Å². The molecule has 0 aromatic carbocycles. The van der Waals surface area contributed by atoms with Crippen molar-refractivity contribution in [3.8, 4) is 0 Å². The summed E-state index contributed by atoms with van der Waals surface area (Å²) in [5.41, 5.74) is -1.53. The van der Waals surface area contributed by atoms with Crippen molar-refractivity contribution in [2.24, 2.45) is 11.8 Å². The Morgan fingerprint density at radius 3 is 2.13 bits per heavy atom. The minimum atomic E-state index is -1.53. The second kappa shape index (κ2) is 25.1. The lowest BCUT2D eigenvalue weighted by molar-refractivity contribution is -0.345. The van der Waals surface area contributed by atoms with E-state index in [2.05, 4.69) is 0 Å². The highest BCUT2D eigenvalue weighted by Gasteiger charge is 2.54. The molecule has 18 nitrogen and oxygen atoms in total. The molecule has 1 N–H and O–H groups in total. The van der Waals surface area contributed by atoms with Crippen LogP contribution in [-0.2, 0) is 76.1 Å². The molecule has 3 rings (SSSR count). The molecule has 3 heterocycles. The summed E-state index contributed by atoms with van der Waals surface area (Å²) in [6.07, 6.45) is -3.79. The van der Waals surface area contributed by atoms with Crippen LogP contribution in [0, 0.1) is 11.8 Å². The molecule has 0 bridgehead atoms. The molecule has 0 spiro atoms. The maximum atomic E-state index is 13.4. The number of carbonyl (C=O) groups is 6. The summed E-state index contributed by atoms with van der Waals surface area (Å²) in [6.45, 7) is 14.0. The van der Waals surface area contributed by atoms with Crippen LogP contribution >= 0.6 is 0 Å². The third-order valence-electron chi connectivity index (χ3n) is 11.3. The molecule has 358 valence electrons. The zero-order chi connectivity index (χ0) is 47.2. The highest BCUT2D eigenvalue weighted by Crippen LogP contribution is 2.39. The number of rotatable bonds is 14. The van der Waals surface area contributed by atoms with Gasteiger partial charge in [-0.3, -0.25) is 24.0 Å². The van der Waals surface area contributed by atoms with Crippen LogP contribution in [-0.4, -0.2) is 153 Å². The lowest BCUT2D eigenvalue weighted by Crippen LogP contribution is -2.66. The smallest absolute Gasteiger partial charge is 0.309 e. The lowest BCUT2D eigenvalue weighted by atomic mass is 9.82. The van der Waals surface area contributed by atoms with Crippen molar-refractivity contribution >= 4 is 36.1 Å². The van der Waals surface area contributed by atoms with Gasteiger partial charge in [0.1, 0.15) is 42.4 Å². The van der Waals surface area contributed by atoms with E-state index in [0.717, 1.165) is 0 Å². The summed E-state index contributed by atoms with van der Waals surface area (Å²) in [5, 5.41) is 11.5. The van der Waals surface area contributed by atoms with Gasteiger partial charge >= 0.3 is 29.8 Å². The minimum Gasteiger partial charge on any atom is -0.462 e. The van der Waals surface area contributed by atoms with Crippen molar-refractivity contribution in [3.63, 3.8) is 0 Å². The maximum Gasteiger partial charge on any atom is 0.309 e. The van der Waals surface area contributed by atoms with E-state index in [0.29, 0.717) is 19.1 Å². The summed E-state index contributed by atoms with van der Waals surface area (Å²) >= 11 is 0. The predicted molar refractivity (Wildman–Crippen MR) is 224 cm³/mol. The molecular weight excluding hydrogens is 826 g/mol. The van der Waals surface area contributed by atoms with Crippen LogP contribution < -0.4 is 0 Å². The van der Waals surface area contributed by atoms with Crippen LogP contribution in [0.3, 0.4) is 0 Å². The Morgan fingerprint density at radius 2 is 1.56 bits per heavy atom. The predicted octanol–water partition coefficient (Wildman–Crippen LogP) is 3.91. The number of allylic oxidation sites excluding steroid dienone is 2. The quantitative estimate of drug-likeness (QED) is 0.148. The maximum absolute atomic E-state index is 13.4. The highest BCUT2D eigenvalue weighted by atomic mass is 16.7. The largest absolute Gasteiger partial charge is 0.462 e. The Labute approximate surface area is 371 Å². The summed E-state index contributed by atoms with van der Waals surface area (Å²) in [4.78, 5) is 78.0. The average Bonchev–Trinajstić information content (AvgIpc) is 3.15. The molecule has 0 aromatic heterocycles. The zero-order valence-electron chi connectivity index (χ0n) is 38.9. The molecule has 3 aliphatic rings. The number of aldehydes is 1. The van der Waals surface area contributed by atoms with Crippen molar-refractivity contribution in [1.29, 1.82) is 0 Å². The SMILES string of the molecule is CCCC(=O)O[C@H]1[C@H](C)O[C@@H](O[C@H]2[C@H](N(C)C)[C@@H](OC(C)=O)[C@H](O[C@H]3[C@@H](CC=O)C[C@@H](C)[C@@H](OC(C)=O)/C=C/C=C/C[C@@H](C)OC(=O)C[C@@H](OC(C)=O)[C@@H]3OC)O[C@@H]2C)C[C@@]1(C)O. The first-order valence-corrected chi connectivity index (χ1v) is 21.8. The normalized spacial score (nSPS) is 38.1. The summed E-state index contributed by atoms with van der Waals surface area (Å²) in [5.74, 6) is -4.27. The number of aliphatic hydroxyl groups is 1. The van der Waals surface area contributed by atoms with Crippen LogP contribution in [0.1, 0.15) is 107 Å². The molecule has 0 saturated carbocycles. The van der Waals surface area contributed by atoms with E-state index < -0.39 is 133 Å². The van der Waals surface area contributed by atoms with E-state index in [1.54, 1.807) is 71.0 Å². The zero-order valence-corrected chi connectivity index (χ0v) is 38.9. The van der Waals surface area contributed by atoms with Gasteiger partial charge in [-0.2, -0.15) is 0 Å². The van der Waals surface area contributed by atoms with Gasteiger partial charge in [0.2, 0.25) is 0 Å². The van der Waals surface area contributed by atoms with Gasteiger partial charge in [0.15, 0.2) is 24.8 Å². The van der Waals surface area contributed by atoms with E-state index in [-0.39, 0.29) is 25.7 Å². The summed E-state index contributed by atoms with van der Waals surface area (Å²) in [7, 11) is 4.84. The number of nitrogens with zero attached hydrogens (tertiary/aromatic N) is 1. The molecule has 3 aliphatic heterocycles. The highest BCUT2D eigenvalue weighted by molar-refractivity contribution is 5.72. The van der Waals surface area contributed by atoms with E-state index >= 15 is 0 Å². The van der Waals surface area contributed by atoms with Crippen LogP contribution in [0.15, 0.2) is 24.3 Å². The summed E-state index contributed by atoms with van der Waals surface area (Å²) in [6, 6.07) is -0.797. The average molecular weight is 898 g/mol. The Hall–Kier alpha value is -3.78. The Bertz CT molecular complexity index is 1580. The Balaban J connectivity index is 2.13. The fourth-order valence-electron chi connectivity index (χ4n) is 8.59. The first-order chi connectivity index (χ1) is 29.6. The number of hydrogen-bond donors (Lipinski definition) is 1. The number of esters is 5. The Kier molecular flexibility index (Phi) is 21.3. The molecular formula is C45H71NO17. The second-order valence-electron chi connectivity index (χ2n) is 17.3. The number of likely N-dealkylation sites (N-methyl/N-ethyl adjacent to an activating group) is 1. The molecule has 0 unspecified atom stereocenters. The number of cyclic esters (lactones) is 1. The number of carbonyl (C=O) groups excluding carboxylic acids is 6. The molecule has 2 fully saturated rings. The third kappa shape index (κ3) is 16.0. The number of ether oxygens (including phenoxy) is 10. The first kappa shape index (κ1) is 53.6. The van der Waals surface area contributed by atoms with Crippen LogP contribution in [0.25, 0.3) is 0 Å². The fourth-order valence-corrected chi connectivity index (χ4v) is 8.59. The van der Waals surface area contributed by atoms with Gasteiger partial charge in [0.25, 0.3) is 0 Å². The lowest BCUT2D eigenvalue weighted by Gasteiger charge is -2.51. The Morgan fingerprint density at radius 1 is 0.889 bits per heavy atom. The van der Waals surface area contributed by atoms with E-state index in [9.17, 15) is 33.9 Å². The molecule has 16 atom stereocenters. The van der Waals surface area contributed by atoms with Crippen LogP contribution in [0.4, 0.5) is 0 Å². The molecule has 0 radical (unpaired) electrons. The van der Waals surface area contributed by atoms with E-state index in [1.807, 2.05) is 13.8 Å². The molecule has 63 heavy (non-hydrogen) atoms. The minimum absolute atomic E-state index is 0.0787. The van der Waals surface area contributed by atoms with Crippen molar-refractivity contribution < 1.29 is 81.2 Å². The van der Waals surface area contributed by atoms with Gasteiger partial charge in [0, 0.05) is 53.6 Å². The monoisotopic (exact) mass is 897 g/mol. The van der Waals surface area contributed by atoms with E-state index in [4.69, 9.17) is 47.4 Å². The van der Waals surface area contributed by atoms with Gasteiger partial charge in [-0.1, -0.05) is 32.1 Å². The second-order valence-corrected chi connectivity index (χ2v) is 17.3. The van der Waals surface area contributed by atoms with Crippen molar-refractivity contribution in [3.05, 3.63) is 24.3 Å². The standard InChI is InChI=1S/C45H71NO17/c1-13-17-35(51)61-43-28(5)56-37(24-45(43,9)53)62-39-27(4)57-44(42(60-31(8)50)38(39)46(10)11)63-40-32(20-21-47)22-25(2)33(58-29(6)48)19-16-14-15-18-26(3)55-36(52)23-34(41(40)54-12)59-30(7)49/h14-16,19,21,25-28,32-34,37-44,53H,13,17-18,20,22-24H2,1-12H3/b15-14+,19-16+/t25-,26-,27-,28+,32+,33+,34-,37+,38+,39-,40+,41+,42-,43+,44+,45-/m1/s1. The van der Waals surface area contributed by atoms with Crippen molar-refractivity contribution in [2.45, 2.75) is 193 Å². The third-order valence-corrected chi connectivity index (χ3v) is 11.3. The van der Waals surface area contributed by atoms with Crippen LogP contribution in [0.2, 0.25) is 0 Å². The molecule has 0 aromatic rings. The number of hydrogen-bond acceptors (Lipinski definition) is 18. The van der Waals surface area contributed by atoms with Gasteiger partial charge < -0.3 is 62.2 Å². The first-order valence-electron chi connectivity index (χ1n) is 21.8. The summed E-state index contributed by atoms with van der Waals surface area (Å²) < 4.78 is 61.0. The molecule has 0 amide bonds. The van der Waals surface area contributed by atoms with Gasteiger partial charge in [-0.05, 0) is 72.5 Å². The van der Waals surface area contributed by atoms with Gasteiger partial charge in [0.05, 0.1) is 30.8 Å². The van der Waals surface area contributed by atoms with Crippen molar-refractivity contribution in [2.75, 3.05) is 21.2 Å². The fraction of sp³-hybridized carbons (Fsp3) is 0.778. The van der Waals surface area contributed by atoms with Gasteiger partial charge in [-0.25, -0.2) is 0 Å². The van der Waals surface area contributed by atoms with Crippen LogP contribution in [0.5, 0.6) is 0 Å². The van der Waals surface area contributed by atoms with Gasteiger partial charge in [-0.15, -0.1) is 0 Å². The number of methoxy groups -OCH3 is 1. The van der Waals surface area contributed by atoms with E-state index in [1.165, 1.54) is 27.9 Å². The molecule has 0 aliphatic carbocycles.